The average molecular weight is 371 g/mol. The van der Waals surface area contributed by atoms with Gasteiger partial charge in [0.25, 0.3) is 5.91 Å². The molecule has 2 aromatic rings. The molecule has 104 valence electrons. The molecule has 0 aliphatic heterocycles. The SMILES string of the molecule is O=C(NC1CCCc2sccc21)c1cc(Cl)ccc1Br. The highest BCUT2D eigenvalue weighted by atomic mass is 79.9. The second-order valence-corrected chi connectivity index (χ2v) is 7.13. The third-order valence-corrected chi connectivity index (χ3v) is 5.45. The first-order valence-corrected chi connectivity index (χ1v) is 8.52. The molecule has 0 fully saturated rings. The molecule has 5 heteroatoms. The van der Waals surface area contributed by atoms with Gasteiger partial charge in [-0.2, -0.15) is 0 Å². The van der Waals surface area contributed by atoms with E-state index in [4.69, 9.17) is 11.6 Å². The number of nitrogens with one attached hydrogen (secondary N) is 1. The Balaban J connectivity index is 1.82. The van der Waals surface area contributed by atoms with E-state index < -0.39 is 0 Å². The minimum absolute atomic E-state index is 0.0802. The Morgan fingerprint density at radius 1 is 1.40 bits per heavy atom. The van der Waals surface area contributed by atoms with Gasteiger partial charge in [0, 0.05) is 14.4 Å². The fraction of sp³-hybridized carbons (Fsp3) is 0.267. The van der Waals surface area contributed by atoms with Crippen LogP contribution in [0.4, 0.5) is 0 Å². The molecule has 1 amide bonds. The molecule has 20 heavy (non-hydrogen) atoms. The van der Waals surface area contributed by atoms with Gasteiger partial charge in [0.1, 0.15) is 0 Å². The molecule has 1 unspecified atom stereocenters. The largest absolute Gasteiger partial charge is 0.345 e. The molecule has 1 N–H and O–H groups in total. The Morgan fingerprint density at radius 2 is 2.25 bits per heavy atom. The van der Waals surface area contributed by atoms with E-state index >= 15 is 0 Å². The maximum atomic E-state index is 12.4. The Morgan fingerprint density at radius 3 is 3.10 bits per heavy atom. The molecule has 0 radical (unpaired) electrons. The number of carbonyl (C=O) groups excluding carboxylic acids is 1. The first kappa shape index (κ1) is 14.1. The number of hydrogen-bond donors (Lipinski definition) is 1. The van der Waals surface area contributed by atoms with Crippen LogP contribution in [0.5, 0.6) is 0 Å². The number of thiophene rings is 1. The first-order valence-electron chi connectivity index (χ1n) is 6.47. The minimum atomic E-state index is -0.0802. The maximum absolute atomic E-state index is 12.4. The average Bonchev–Trinajstić information content (AvgIpc) is 2.91. The van der Waals surface area contributed by atoms with Crippen LogP contribution in [-0.2, 0) is 6.42 Å². The monoisotopic (exact) mass is 369 g/mol. The molecule has 1 heterocycles. The summed E-state index contributed by atoms with van der Waals surface area (Å²) in [5.74, 6) is -0.0802. The highest BCUT2D eigenvalue weighted by Crippen LogP contribution is 2.33. The lowest BCUT2D eigenvalue weighted by Gasteiger charge is -2.24. The summed E-state index contributed by atoms with van der Waals surface area (Å²) in [6, 6.07) is 7.49. The molecule has 1 aromatic heterocycles. The number of carbonyl (C=O) groups is 1. The van der Waals surface area contributed by atoms with Crippen molar-refractivity contribution < 1.29 is 4.79 Å². The van der Waals surface area contributed by atoms with E-state index in [2.05, 4.69) is 32.7 Å². The number of benzene rings is 1. The minimum Gasteiger partial charge on any atom is -0.345 e. The van der Waals surface area contributed by atoms with Crippen LogP contribution in [0, 0.1) is 0 Å². The fourth-order valence-electron chi connectivity index (χ4n) is 2.54. The van der Waals surface area contributed by atoms with Gasteiger partial charge in [-0.1, -0.05) is 11.6 Å². The third-order valence-electron chi connectivity index (χ3n) is 3.53. The van der Waals surface area contributed by atoms with Crippen LogP contribution in [0.15, 0.2) is 34.1 Å². The van der Waals surface area contributed by atoms with Crippen molar-refractivity contribution in [3.8, 4) is 0 Å². The quantitative estimate of drug-likeness (QED) is 0.794. The van der Waals surface area contributed by atoms with Crippen molar-refractivity contribution >= 4 is 44.8 Å². The molecular formula is C15H13BrClNOS. The second kappa shape index (κ2) is 5.88. The van der Waals surface area contributed by atoms with Crippen LogP contribution in [0.2, 0.25) is 5.02 Å². The Bertz CT molecular complexity index is 655. The van der Waals surface area contributed by atoms with E-state index in [1.54, 1.807) is 29.5 Å². The van der Waals surface area contributed by atoms with Gasteiger partial charge in [-0.05, 0) is 70.4 Å². The molecule has 0 spiro atoms. The molecule has 1 aromatic carbocycles. The lowest BCUT2D eigenvalue weighted by molar-refractivity contribution is 0.0932. The number of hydrogen-bond acceptors (Lipinski definition) is 2. The summed E-state index contributed by atoms with van der Waals surface area (Å²) in [5, 5.41) is 5.79. The number of amides is 1. The molecule has 1 atom stereocenters. The number of aryl methyl sites for hydroxylation is 1. The summed E-state index contributed by atoms with van der Waals surface area (Å²) in [7, 11) is 0. The van der Waals surface area contributed by atoms with Crippen LogP contribution in [0.25, 0.3) is 0 Å². The second-order valence-electron chi connectivity index (χ2n) is 4.84. The zero-order valence-electron chi connectivity index (χ0n) is 10.7. The van der Waals surface area contributed by atoms with Crippen LogP contribution in [-0.4, -0.2) is 5.91 Å². The van der Waals surface area contributed by atoms with Crippen molar-refractivity contribution in [3.63, 3.8) is 0 Å². The standard InChI is InChI=1S/C15H13BrClNOS/c16-12-5-4-9(17)8-11(12)15(19)18-13-2-1-3-14-10(13)6-7-20-14/h4-8,13H,1-3H2,(H,18,19). The van der Waals surface area contributed by atoms with Crippen molar-refractivity contribution in [2.75, 3.05) is 0 Å². The van der Waals surface area contributed by atoms with Gasteiger partial charge in [0.05, 0.1) is 11.6 Å². The van der Waals surface area contributed by atoms with E-state index in [9.17, 15) is 4.79 Å². The van der Waals surface area contributed by atoms with Crippen molar-refractivity contribution in [2.45, 2.75) is 25.3 Å². The van der Waals surface area contributed by atoms with Gasteiger partial charge in [-0.15, -0.1) is 11.3 Å². The van der Waals surface area contributed by atoms with Crippen LogP contribution < -0.4 is 5.32 Å². The van der Waals surface area contributed by atoms with Crippen LogP contribution in [0.3, 0.4) is 0 Å². The smallest absolute Gasteiger partial charge is 0.252 e. The summed E-state index contributed by atoms with van der Waals surface area (Å²) in [6.45, 7) is 0. The van der Waals surface area contributed by atoms with E-state index in [-0.39, 0.29) is 11.9 Å². The van der Waals surface area contributed by atoms with E-state index in [0.29, 0.717) is 10.6 Å². The van der Waals surface area contributed by atoms with Crippen molar-refractivity contribution in [1.82, 2.24) is 5.32 Å². The van der Waals surface area contributed by atoms with Gasteiger partial charge in [0.15, 0.2) is 0 Å². The van der Waals surface area contributed by atoms with E-state index in [1.807, 2.05) is 0 Å². The predicted octanol–water partition coefficient (Wildman–Crippen LogP) is 4.97. The highest BCUT2D eigenvalue weighted by Gasteiger charge is 2.23. The molecule has 0 saturated heterocycles. The summed E-state index contributed by atoms with van der Waals surface area (Å²) in [6.07, 6.45) is 3.24. The van der Waals surface area contributed by atoms with Gasteiger partial charge < -0.3 is 5.32 Å². The molecular weight excluding hydrogens is 358 g/mol. The molecule has 1 aliphatic rings. The highest BCUT2D eigenvalue weighted by molar-refractivity contribution is 9.10. The number of halogens is 2. The van der Waals surface area contributed by atoms with Crippen molar-refractivity contribution in [3.05, 3.63) is 55.1 Å². The molecule has 2 nitrogen and oxygen atoms in total. The fourth-order valence-corrected chi connectivity index (χ4v) is 4.13. The lowest BCUT2D eigenvalue weighted by atomic mass is 9.94. The van der Waals surface area contributed by atoms with Gasteiger partial charge >= 0.3 is 0 Å². The molecule has 3 rings (SSSR count). The van der Waals surface area contributed by atoms with Crippen LogP contribution in [0.1, 0.15) is 39.7 Å². The van der Waals surface area contributed by atoms with Gasteiger partial charge in [-0.25, -0.2) is 0 Å². The number of fused-ring (bicyclic) bond motifs is 1. The van der Waals surface area contributed by atoms with Crippen LogP contribution >= 0.6 is 38.9 Å². The topological polar surface area (TPSA) is 29.1 Å². The zero-order valence-corrected chi connectivity index (χ0v) is 13.8. The maximum Gasteiger partial charge on any atom is 0.252 e. The van der Waals surface area contributed by atoms with Gasteiger partial charge in [0.2, 0.25) is 0 Å². The Hall–Kier alpha value is -0.840. The van der Waals surface area contributed by atoms with Crippen molar-refractivity contribution in [1.29, 1.82) is 0 Å². The lowest BCUT2D eigenvalue weighted by Crippen LogP contribution is -2.30. The molecule has 1 aliphatic carbocycles. The summed E-state index contributed by atoms with van der Waals surface area (Å²) < 4.78 is 0.765. The molecule has 0 bridgehead atoms. The molecule has 0 saturated carbocycles. The Labute approximate surface area is 135 Å². The van der Waals surface area contributed by atoms with Crippen molar-refractivity contribution in [2.24, 2.45) is 0 Å². The first-order chi connectivity index (χ1) is 9.65. The zero-order chi connectivity index (χ0) is 14.1. The summed E-state index contributed by atoms with van der Waals surface area (Å²) in [5.41, 5.74) is 1.85. The Kier molecular flexibility index (Phi) is 4.15. The van der Waals surface area contributed by atoms with E-state index in [1.165, 1.54) is 10.4 Å². The van der Waals surface area contributed by atoms with E-state index in [0.717, 1.165) is 23.7 Å². The normalized spacial score (nSPS) is 17.6. The van der Waals surface area contributed by atoms with Gasteiger partial charge in [-0.3, -0.25) is 4.79 Å². The third kappa shape index (κ3) is 2.78. The predicted molar refractivity (Wildman–Crippen MR) is 86.6 cm³/mol. The summed E-state index contributed by atoms with van der Waals surface area (Å²) >= 11 is 11.1. The summed E-state index contributed by atoms with van der Waals surface area (Å²) in [4.78, 5) is 13.8. The number of rotatable bonds is 2.